The van der Waals surface area contributed by atoms with Gasteiger partial charge in [-0.25, -0.2) is 0 Å². The molecule has 4 heteroatoms. The third kappa shape index (κ3) is 5.44. The van der Waals surface area contributed by atoms with Crippen LogP contribution in [-0.4, -0.2) is 7.11 Å². The number of halogens is 2. The molecule has 6 aromatic carbocycles. The van der Waals surface area contributed by atoms with Crippen molar-refractivity contribution in [1.29, 1.82) is 0 Å². The van der Waals surface area contributed by atoms with Gasteiger partial charge in [0.25, 0.3) is 0 Å². The number of para-hydroxylation sites is 1. The Hall–Kier alpha value is -2.38. The summed E-state index contributed by atoms with van der Waals surface area (Å²) in [5.74, 6) is 0.972. The van der Waals surface area contributed by atoms with Gasteiger partial charge in [0.1, 0.15) is 5.75 Å². The summed E-state index contributed by atoms with van der Waals surface area (Å²) in [4.78, 5) is 0. The van der Waals surface area contributed by atoms with E-state index in [1.165, 1.54) is 54.6 Å². The van der Waals surface area contributed by atoms with Gasteiger partial charge in [-0.05, 0) is 29.9 Å². The minimum absolute atomic E-state index is 0.126. The molecule has 0 aliphatic heterocycles. The van der Waals surface area contributed by atoms with Crippen molar-refractivity contribution in [2.75, 3.05) is 7.11 Å². The average Bonchev–Trinajstić information content (AvgIpc) is 3.53. The molecule has 6 rings (SSSR count). The van der Waals surface area contributed by atoms with E-state index >= 15 is 0 Å². The summed E-state index contributed by atoms with van der Waals surface area (Å²) in [7, 11) is 11.7. The Kier molecular flexibility index (Phi) is 9.52. The molecule has 0 heterocycles. The Bertz CT molecular complexity index is 1680. The Morgan fingerprint density at radius 3 is 2.15 bits per heavy atom. The Morgan fingerprint density at radius 2 is 1.40 bits per heavy atom. The number of hydrogen-bond donors (Lipinski definition) is 0. The van der Waals surface area contributed by atoms with Crippen molar-refractivity contribution in [2.24, 2.45) is 0 Å². The number of ether oxygens (including phenoxy) is 1. The van der Waals surface area contributed by atoms with Crippen LogP contribution >= 0.6 is 17.0 Å². The summed E-state index contributed by atoms with van der Waals surface area (Å²) in [5, 5.41) is 8.28. The summed E-state index contributed by atoms with van der Waals surface area (Å²) in [6.45, 7) is 4.68. The first kappa shape index (κ1) is 29.1. The van der Waals surface area contributed by atoms with Gasteiger partial charge in [-0.2, -0.15) is 5.56 Å². The van der Waals surface area contributed by atoms with Gasteiger partial charge in [-0.3, -0.25) is 0 Å². The fourth-order valence-corrected chi connectivity index (χ4v) is 6.64. The van der Waals surface area contributed by atoms with Crippen LogP contribution in [0.25, 0.3) is 32.3 Å². The third-order valence-electron chi connectivity index (χ3n) is 8.37. The van der Waals surface area contributed by atoms with Gasteiger partial charge in [0.2, 0.25) is 0 Å². The van der Waals surface area contributed by atoms with Crippen molar-refractivity contribution in [3.63, 3.8) is 0 Å². The SMILES string of the molecule is CCCC(C)(c1ccccc1OC)[c-]1cc(CCc2c3ccccc3c3cccc[c-]23)c2ccccc21.[Cl][Zr+2][Cl]. The molecular formula is C36H34Cl2OZr. The Labute approximate surface area is 256 Å². The molecule has 0 radical (unpaired) electrons. The number of rotatable bonds is 8. The summed E-state index contributed by atoms with van der Waals surface area (Å²) in [6, 6.07) is 37.8. The third-order valence-corrected chi connectivity index (χ3v) is 8.37. The van der Waals surface area contributed by atoms with Gasteiger partial charge in [-0.1, -0.05) is 80.6 Å². The molecular weight excluding hydrogens is 611 g/mol. The second-order valence-electron chi connectivity index (χ2n) is 10.6. The van der Waals surface area contributed by atoms with Crippen LogP contribution in [-0.2, 0) is 39.1 Å². The van der Waals surface area contributed by atoms with Crippen molar-refractivity contribution in [3.8, 4) is 5.75 Å². The molecule has 6 aromatic rings. The summed E-state index contributed by atoms with van der Waals surface area (Å²) >= 11 is -0.826. The van der Waals surface area contributed by atoms with Crippen molar-refractivity contribution in [3.05, 3.63) is 125 Å². The van der Waals surface area contributed by atoms with Crippen molar-refractivity contribution in [1.82, 2.24) is 0 Å². The first-order valence-electron chi connectivity index (χ1n) is 13.9. The molecule has 0 amide bonds. The summed E-state index contributed by atoms with van der Waals surface area (Å²) in [5.41, 5.74) is 5.48. The second-order valence-corrected chi connectivity index (χ2v) is 14.3. The van der Waals surface area contributed by atoms with E-state index in [1.807, 2.05) is 0 Å². The second kappa shape index (κ2) is 13.1. The molecule has 0 bridgehead atoms. The normalized spacial score (nSPS) is 12.6. The fraction of sp³-hybridized carbons (Fsp3) is 0.222. The van der Waals surface area contributed by atoms with Crippen molar-refractivity contribution < 1.29 is 25.6 Å². The maximum absolute atomic E-state index is 5.86. The van der Waals surface area contributed by atoms with Crippen LogP contribution in [0.5, 0.6) is 5.75 Å². The van der Waals surface area contributed by atoms with E-state index in [9.17, 15) is 0 Å². The van der Waals surface area contributed by atoms with Crippen LogP contribution in [0, 0.1) is 0 Å². The van der Waals surface area contributed by atoms with Crippen LogP contribution in [0.4, 0.5) is 0 Å². The number of aryl methyl sites for hydroxylation is 2. The molecule has 0 aliphatic carbocycles. The number of fused-ring (bicyclic) bond motifs is 4. The number of benzene rings is 4. The van der Waals surface area contributed by atoms with E-state index in [1.54, 1.807) is 7.11 Å². The van der Waals surface area contributed by atoms with E-state index in [2.05, 4.69) is 117 Å². The first-order chi connectivity index (χ1) is 19.6. The van der Waals surface area contributed by atoms with Crippen LogP contribution < -0.4 is 4.74 Å². The molecule has 40 heavy (non-hydrogen) atoms. The molecule has 1 unspecified atom stereocenters. The van der Waals surface area contributed by atoms with E-state index in [-0.39, 0.29) is 5.41 Å². The zero-order valence-electron chi connectivity index (χ0n) is 23.3. The molecule has 0 aromatic heterocycles. The van der Waals surface area contributed by atoms with Gasteiger partial charge < -0.3 is 4.74 Å². The van der Waals surface area contributed by atoms with Crippen molar-refractivity contribution >= 4 is 49.3 Å². The molecule has 0 aliphatic rings. The maximum atomic E-state index is 5.86. The monoisotopic (exact) mass is 642 g/mol. The zero-order valence-corrected chi connectivity index (χ0v) is 27.3. The molecule has 202 valence electrons. The summed E-state index contributed by atoms with van der Waals surface area (Å²) < 4.78 is 5.86. The van der Waals surface area contributed by atoms with Gasteiger partial charge >= 0.3 is 37.9 Å². The molecule has 1 atom stereocenters. The topological polar surface area (TPSA) is 9.23 Å². The molecule has 0 spiro atoms. The summed E-state index contributed by atoms with van der Waals surface area (Å²) in [6.07, 6.45) is 4.22. The standard InChI is InChI=1S/C36H34O.2ClH.Zr/c1-4-23-36(2,33-19-11-12-20-35(33)37-3)34-24-25(26-13-5-10-18-32(26)34)21-22-31-29-16-8-6-14-27(29)28-15-7-9-17-30(28)31;;;/h5-20,24H,4,21-23H2,1-3H3;2*1H;/q-2;;;+4/p-2. The quantitative estimate of drug-likeness (QED) is 0.150. The zero-order chi connectivity index (χ0) is 28.1. The van der Waals surface area contributed by atoms with Gasteiger partial charge in [0.15, 0.2) is 0 Å². The van der Waals surface area contributed by atoms with Crippen LogP contribution in [0.2, 0.25) is 0 Å². The van der Waals surface area contributed by atoms with Gasteiger partial charge in [-0.15, -0.1) is 86.6 Å². The van der Waals surface area contributed by atoms with Gasteiger partial charge in [0, 0.05) is 0 Å². The molecule has 0 saturated carbocycles. The van der Waals surface area contributed by atoms with E-state index < -0.39 is 20.8 Å². The Morgan fingerprint density at radius 1 is 0.775 bits per heavy atom. The van der Waals surface area contributed by atoms with E-state index in [0.29, 0.717) is 0 Å². The van der Waals surface area contributed by atoms with Crippen LogP contribution in [0.15, 0.2) is 103 Å². The van der Waals surface area contributed by atoms with Crippen LogP contribution in [0.1, 0.15) is 48.9 Å². The number of hydrogen-bond acceptors (Lipinski definition) is 1. The van der Waals surface area contributed by atoms with E-state index in [4.69, 9.17) is 21.8 Å². The predicted molar refractivity (Wildman–Crippen MR) is 170 cm³/mol. The average molecular weight is 645 g/mol. The van der Waals surface area contributed by atoms with Gasteiger partial charge in [0.05, 0.1) is 7.11 Å². The van der Waals surface area contributed by atoms with Crippen molar-refractivity contribution in [2.45, 2.75) is 44.9 Å². The van der Waals surface area contributed by atoms with Crippen LogP contribution in [0.3, 0.4) is 0 Å². The first-order valence-corrected chi connectivity index (χ1v) is 20.2. The predicted octanol–water partition coefficient (Wildman–Crippen LogP) is 10.9. The molecule has 0 N–H and O–H groups in total. The molecule has 0 saturated heterocycles. The number of methoxy groups -OCH3 is 1. The van der Waals surface area contributed by atoms with E-state index in [0.717, 1.165) is 31.4 Å². The fourth-order valence-electron chi connectivity index (χ4n) is 6.64. The minimum atomic E-state index is -0.826. The molecule has 1 nitrogen and oxygen atoms in total. The molecule has 0 fully saturated rings. The Balaban J connectivity index is 0.00000103.